The SMILES string of the molecule is COC(=O)Cc1cccc(OCC2CN(c3ccc(C(=N)N)cc3)C(=O)O2)c1.I. The number of carbonyl (C=O) groups excluding carboxylic acids is 2. The van der Waals surface area contributed by atoms with E-state index in [0.717, 1.165) is 5.56 Å². The van der Waals surface area contributed by atoms with Crippen molar-refractivity contribution in [2.45, 2.75) is 12.5 Å². The van der Waals surface area contributed by atoms with Crippen molar-refractivity contribution >= 4 is 47.6 Å². The molecule has 1 unspecified atom stereocenters. The Hall–Kier alpha value is -2.82. The summed E-state index contributed by atoms with van der Waals surface area (Å²) in [4.78, 5) is 25.0. The van der Waals surface area contributed by atoms with Gasteiger partial charge >= 0.3 is 12.1 Å². The topological polar surface area (TPSA) is 115 Å². The summed E-state index contributed by atoms with van der Waals surface area (Å²) in [5, 5.41) is 7.42. The molecule has 154 valence electrons. The van der Waals surface area contributed by atoms with Crippen molar-refractivity contribution in [3.8, 4) is 5.75 Å². The van der Waals surface area contributed by atoms with Crippen LogP contribution in [0.3, 0.4) is 0 Å². The van der Waals surface area contributed by atoms with Crippen LogP contribution in [0.5, 0.6) is 5.75 Å². The minimum Gasteiger partial charge on any atom is -0.490 e. The number of hydrogen-bond donors (Lipinski definition) is 2. The van der Waals surface area contributed by atoms with E-state index in [1.165, 1.54) is 12.0 Å². The first kappa shape index (κ1) is 22.5. The van der Waals surface area contributed by atoms with E-state index in [1.54, 1.807) is 42.5 Å². The molecule has 2 aromatic rings. The van der Waals surface area contributed by atoms with Crippen molar-refractivity contribution in [3.05, 3.63) is 59.7 Å². The number of carbonyl (C=O) groups is 2. The van der Waals surface area contributed by atoms with Gasteiger partial charge < -0.3 is 19.9 Å². The maximum Gasteiger partial charge on any atom is 0.414 e. The van der Waals surface area contributed by atoms with E-state index < -0.39 is 12.2 Å². The van der Waals surface area contributed by atoms with Gasteiger partial charge in [0.25, 0.3) is 0 Å². The Morgan fingerprint density at radius 2 is 2.00 bits per heavy atom. The summed E-state index contributed by atoms with van der Waals surface area (Å²) in [6.07, 6.45) is -0.719. The molecular weight excluding hydrogens is 489 g/mol. The van der Waals surface area contributed by atoms with Crippen LogP contribution in [0.4, 0.5) is 10.5 Å². The van der Waals surface area contributed by atoms with Crippen LogP contribution < -0.4 is 15.4 Å². The van der Waals surface area contributed by atoms with Crippen LogP contribution in [0.15, 0.2) is 48.5 Å². The van der Waals surface area contributed by atoms with Crippen molar-refractivity contribution < 1.29 is 23.8 Å². The van der Waals surface area contributed by atoms with Gasteiger partial charge in [-0.3, -0.25) is 15.1 Å². The van der Waals surface area contributed by atoms with Gasteiger partial charge in [0.2, 0.25) is 0 Å². The molecule has 1 heterocycles. The predicted molar refractivity (Wildman–Crippen MR) is 118 cm³/mol. The lowest BCUT2D eigenvalue weighted by molar-refractivity contribution is -0.139. The average Bonchev–Trinajstić information content (AvgIpc) is 3.07. The second-order valence-corrected chi connectivity index (χ2v) is 6.29. The number of rotatable bonds is 7. The van der Waals surface area contributed by atoms with Gasteiger partial charge in [-0.15, -0.1) is 24.0 Å². The Morgan fingerprint density at radius 3 is 2.66 bits per heavy atom. The molecule has 1 saturated heterocycles. The number of halogens is 1. The Morgan fingerprint density at radius 1 is 1.28 bits per heavy atom. The number of nitrogens with two attached hydrogens (primary N) is 1. The molecule has 1 fully saturated rings. The number of amides is 1. The first-order valence-electron chi connectivity index (χ1n) is 8.67. The van der Waals surface area contributed by atoms with E-state index in [9.17, 15) is 9.59 Å². The number of hydrogen-bond acceptors (Lipinski definition) is 6. The lowest BCUT2D eigenvalue weighted by atomic mass is 10.1. The van der Waals surface area contributed by atoms with Crippen LogP contribution in [0.25, 0.3) is 0 Å². The van der Waals surface area contributed by atoms with Crippen LogP contribution in [0, 0.1) is 5.41 Å². The van der Waals surface area contributed by atoms with Gasteiger partial charge in [0.1, 0.15) is 18.2 Å². The van der Waals surface area contributed by atoms with Gasteiger partial charge in [0.05, 0.1) is 20.1 Å². The molecule has 1 atom stereocenters. The molecule has 1 aliphatic rings. The van der Waals surface area contributed by atoms with Crippen molar-refractivity contribution in [1.29, 1.82) is 5.41 Å². The van der Waals surface area contributed by atoms with Crippen LogP contribution in [0.2, 0.25) is 0 Å². The van der Waals surface area contributed by atoms with Gasteiger partial charge in [-0.2, -0.15) is 0 Å². The number of anilines is 1. The molecule has 3 rings (SSSR count). The largest absolute Gasteiger partial charge is 0.490 e. The summed E-state index contributed by atoms with van der Waals surface area (Å²) in [6.45, 7) is 0.537. The van der Waals surface area contributed by atoms with Crippen LogP contribution in [-0.4, -0.2) is 44.3 Å². The fourth-order valence-corrected chi connectivity index (χ4v) is 2.81. The number of nitrogens with one attached hydrogen (secondary N) is 1. The molecule has 0 spiro atoms. The van der Waals surface area contributed by atoms with E-state index in [2.05, 4.69) is 4.74 Å². The summed E-state index contributed by atoms with van der Waals surface area (Å²) < 4.78 is 15.7. The average molecular weight is 511 g/mol. The molecule has 9 heteroatoms. The van der Waals surface area contributed by atoms with E-state index in [4.69, 9.17) is 20.6 Å². The number of methoxy groups -OCH3 is 1. The zero-order valence-electron chi connectivity index (χ0n) is 15.8. The maximum absolute atomic E-state index is 12.2. The van der Waals surface area contributed by atoms with Gasteiger partial charge in [0.15, 0.2) is 6.10 Å². The minimum absolute atomic E-state index is 0. The zero-order valence-corrected chi connectivity index (χ0v) is 18.1. The van der Waals surface area contributed by atoms with E-state index in [1.807, 2.05) is 6.07 Å². The van der Waals surface area contributed by atoms with Gasteiger partial charge in [0, 0.05) is 11.3 Å². The number of esters is 1. The number of cyclic esters (lactones) is 1. The van der Waals surface area contributed by atoms with Crippen LogP contribution in [0.1, 0.15) is 11.1 Å². The fraction of sp³-hybridized carbons (Fsp3) is 0.250. The highest BCUT2D eigenvalue weighted by atomic mass is 127. The van der Waals surface area contributed by atoms with Crippen LogP contribution >= 0.6 is 24.0 Å². The second-order valence-electron chi connectivity index (χ2n) is 6.29. The molecule has 0 bridgehead atoms. The molecule has 0 saturated carbocycles. The Labute approximate surface area is 185 Å². The fourth-order valence-electron chi connectivity index (χ4n) is 2.81. The van der Waals surface area contributed by atoms with E-state index in [0.29, 0.717) is 23.5 Å². The summed E-state index contributed by atoms with van der Waals surface area (Å²) in [6, 6.07) is 13.9. The Bertz CT molecular complexity index is 888. The molecule has 3 N–H and O–H groups in total. The standard InChI is InChI=1S/C20H21N3O5.HI/c1-26-18(24)10-13-3-2-4-16(9-13)27-12-17-11-23(20(25)28-17)15-7-5-14(6-8-15)19(21)22;/h2-9,17H,10-12H2,1H3,(H3,21,22);1H. The van der Waals surface area contributed by atoms with Crippen molar-refractivity contribution in [2.24, 2.45) is 5.73 Å². The quantitative estimate of drug-likeness (QED) is 0.256. The maximum atomic E-state index is 12.2. The summed E-state index contributed by atoms with van der Waals surface area (Å²) in [7, 11) is 1.34. The van der Waals surface area contributed by atoms with Gasteiger partial charge in [-0.25, -0.2) is 4.79 Å². The molecule has 0 aromatic heterocycles. The lowest BCUT2D eigenvalue weighted by Gasteiger charge is -2.14. The highest BCUT2D eigenvalue weighted by molar-refractivity contribution is 14.0. The number of ether oxygens (including phenoxy) is 3. The van der Waals surface area contributed by atoms with Crippen molar-refractivity contribution in [3.63, 3.8) is 0 Å². The van der Waals surface area contributed by atoms with E-state index in [-0.39, 0.29) is 48.8 Å². The van der Waals surface area contributed by atoms with Crippen molar-refractivity contribution in [1.82, 2.24) is 0 Å². The molecule has 0 radical (unpaired) electrons. The van der Waals surface area contributed by atoms with Gasteiger partial charge in [-0.1, -0.05) is 12.1 Å². The smallest absolute Gasteiger partial charge is 0.414 e. The van der Waals surface area contributed by atoms with E-state index >= 15 is 0 Å². The molecule has 1 amide bonds. The third-order valence-electron chi connectivity index (χ3n) is 4.27. The van der Waals surface area contributed by atoms with Crippen LogP contribution in [-0.2, 0) is 20.7 Å². The number of nitrogens with zero attached hydrogens (tertiary/aromatic N) is 1. The highest BCUT2D eigenvalue weighted by Crippen LogP contribution is 2.23. The monoisotopic (exact) mass is 511 g/mol. The number of amidine groups is 1. The molecule has 1 aliphatic heterocycles. The summed E-state index contributed by atoms with van der Waals surface area (Å²) in [5.41, 5.74) is 7.47. The molecule has 8 nitrogen and oxygen atoms in total. The minimum atomic E-state index is -0.455. The second kappa shape index (κ2) is 10.1. The Kier molecular flexibility index (Phi) is 7.82. The molecular formula is C20H22IN3O5. The third kappa shape index (κ3) is 5.83. The normalized spacial score (nSPS) is 15.3. The molecule has 2 aromatic carbocycles. The van der Waals surface area contributed by atoms with Crippen molar-refractivity contribution in [2.75, 3.05) is 25.2 Å². The lowest BCUT2D eigenvalue weighted by Crippen LogP contribution is -2.26. The zero-order chi connectivity index (χ0) is 20.1. The summed E-state index contributed by atoms with van der Waals surface area (Å²) in [5.74, 6) is 0.228. The highest BCUT2D eigenvalue weighted by Gasteiger charge is 2.32. The Balaban J connectivity index is 0.00000300. The number of nitrogen functional groups attached to an aromatic ring is 1. The summed E-state index contributed by atoms with van der Waals surface area (Å²) >= 11 is 0. The first-order valence-corrected chi connectivity index (χ1v) is 8.67. The first-order chi connectivity index (χ1) is 13.5. The molecule has 0 aliphatic carbocycles. The van der Waals surface area contributed by atoms with Gasteiger partial charge in [-0.05, 0) is 42.0 Å². The third-order valence-corrected chi connectivity index (χ3v) is 4.27. The predicted octanol–water partition coefficient (Wildman–Crippen LogP) is 2.71. The number of benzene rings is 2. The molecule has 29 heavy (non-hydrogen) atoms.